The zero-order valence-electron chi connectivity index (χ0n) is 17.5. The number of halogens is 2. The van der Waals surface area contributed by atoms with Crippen molar-refractivity contribution in [2.24, 2.45) is 5.10 Å². The van der Waals surface area contributed by atoms with Crippen LogP contribution in [-0.2, 0) is 10.0 Å². The van der Waals surface area contributed by atoms with Crippen LogP contribution < -0.4 is 19.6 Å². The normalized spacial score (nSPS) is 11.4. The highest BCUT2D eigenvalue weighted by atomic mass is 32.2. The minimum absolute atomic E-state index is 0.0317. The third kappa shape index (κ3) is 6.38. The molecule has 0 aliphatic rings. The molecule has 13 heteroatoms. The Kier molecular flexibility index (Phi) is 7.58. The zero-order chi connectivity index (χ0) is 24.7. The van der Waals surface area contributed by atoms with Crippen molar-refractivity contribution in [1.82, 2.24) is 0 Å². The molecular formula is C21H18F2N4O6S. The second kappa shape index (κ2) is 10.6. The monoisotopic (exact) mass is 492 g/mol. The summed E-state index contributed by atoms with van der Waals surface area (Å²) in [4.78, 5) is 10.4. The van der Waals surface area contributed by atoms with E-state index in [4.69, 9.17) is 4.74 Å². The van der Waals surface area contributed by atoms with Crippen molar-refractivity contribution in [3.8, 4) is 11.5 Å². The summed E-state index contributed by atoms with van der Waals surface area (Å²) < 4.78 is 61.3. The number of nitrogens with one attached hydrogen (secondary N) is 2. The van der Waals surface area contributed by atoms with Crippen LogP contribution in [0.2, 0.25) is 0 Å². The number of benzene rings is 3. The highest BCUT2D eigenvalue weighted by molar-refractivity contribution is 7.92. The van der Waals surface area contributed by atoms with Crippen LogP contribution in [0, 0.1) is 10.1 Å². The molecule has 0 aliphatic heterocycles. The number of nitro benzene ring substituents is 1. The predicted molar refractivity (Wildman–Crippen MR) is 121 cm³/mol. The van der Waals surface area contributed by atoms with Crippen molar-refractivity contribution < 1.29 is 31.6 Å². The summed E-state index contributed by atoms with van der Waals surface area (Å²) in [6.45, 7) is -2.94. The molecule has 0 unspecified atom stereocenters. The van der Waals surface area contributed by atoms with Crippen molar-refractivity contribution in [3.05, 3.63) is 82.4 Å². The molecule has 2 N–H and O–H groups in total. The highest BCUT2D eigenvalue weighted by Crippen LogP contribution is 2.29. The van der Waals surface area contributed by atoms with E-state index < -0.39 is 27.2 Å². The summed E-state index contributed by atoms with van der Waals surface area (Å²) in [6, 6.07) is 14.9. The summed E-state index contributed by atoms with van der Waals surface area (Å²) >= 11 is 0. The van der Waals surface area contributed by atoms with Gasteiger partial charge in [0.25, 0.3) is 15.7 Å². The number of nitrogens with zero attached hydrogens (tertiary/aromatic N) is 2. The van der Waals surface area contributed by atoms with Gasteiger partial charge in [0.1, 0.15) is 17.2 Å². The molecule has 0 amide bonds. The topological polar surface area (TPSA) is 132 Å². The van der Waals surface area contributed by atoms with Gasteiger partial charge < -0.3 is 9.47 Å². The quantitative estimate of drug-likeness (QED) is 0.243. The number of hydrogen-bond acceptors (Lipinski definition) is 8. The number of hydrogen-bond donors (Lipinski definition) is 2. The zero-order valence-corrected chi connectivity index (χ0v) is 18.3. The Bertz CT molecular complexity index is 1280. The van der Waals surface area contributed by atoms with Gasteiger partial charge in [-0.2, -0.15) is 13.9 Å². The number of nitro groups is 1. The van der Waals surface area contributed by atoms with E-state index in [9.17, 15) is 27.3 Å². The van der Waals surface area contributed by atoms with E-state index in [1.54, 1.807) is 12.1 Å². The lowest BCUT2D eigenvalue weighted by molar-refractivity contribution is -0.384. The average Bonchev–Trinajstić information content (AvgIpc) is 2.80. The summed E-state index contributed by atoms with van der Waals surface area (Å²) in [5.41, 5.74) is 2.66. The molecule has 178 valence electrons. The van der Waals surface area contributed by atoms with Crippen molar-refractivity contribution in [2.75, 3.05) is 17.3 Å². The summed E-state index contributed by atoms with van der Waals surface area (Å²) in [7, 11) is -2.64. The molecular weight excluding hydrogens is 474 g/mol. The molecule has 3 aromatic carbocycles. The van der Waals surface area contributed by atoms with Crippen LogP contribution in [0.5, 0.6) is 11.5 Å². The van der Waals surface area contributed by atoms with Gasteiger partial charge in [0.15, 0.2) is 0 Å². The van der Waals surface area contributed by atoms with E-state index in [1.165, 1.54) is 61.9 Å². The lowest BCUT2D eigenvalue weighted by Crippen LogP contribution is -2.13. The van der Waals surface area contributed by atoms with Crippen molar-refractivity contribution in [3.63, 3.8) is 0 Å². The third-order valence-corrected chi connectivity index (χ3v) is 5.70. The molecule has 0 bridgehead atoms. The van der Waals surface area contributed by atoms with Gasteiger partial charge in [0.05, 0.1) is 23.1 Å². The lowest BCUT2D eigenvalue weighted by Gasteiger charge is -2.10. The number of methoxy groups -OCH3 is 1. The first-order valence-electron chi connectivity index (χ1n) is 9.47. The second-order valence-electron chi connectivity index (χ2n) is 6.59. The Hall–Kier alpha value is -4.26. The van der Waals surface area contributed by atoms with E-state index in [-0.39, 0.29) is 22.0 Å². The summed E-state index contributed by atoms with van der Waals surface area (Å²) in [5, 5.41) is 15.4. The molecule has 0 radical (unpaired) electrons. The van der Waals surface area contributed by atoms with Crippen LogP contribution >= 0.6 is 0 Å². The maximum absolute atomic E-state index is 12.7. The van der Waals surface area contributed by atoms with Gasteiger partial charge in [-0.3, -0.25) is 20.3 Å². The Balaban J connectivity index is 1.75. The second-order valence-corrected chi connectivity index (χ2v) is 8.27. The van der Waals surface area contributed by atoms with Crippen LogP contribution in [0.1, 0.15) is 5.56 Å². The lowest BCUT2D eigenvalue weighted by atomic mass is 10.2. The van der Waals surface area contributed by atoms with Crippen LogP contribution in [0.15, 0.2) is 76.7 Å². The van der Waals surface area contributed by atoms with E-state index >= 15 is 0 Å². The SMILES string of the molecule is COc1ccc(NS(=O)(=O)c2ccc(NN=Cc3ccc(OC(F)F)cc3)c([N+](=O)[O-])c2)cc1. The fourth-order valence-electron chi connectivity index (χ4n) is 2.71. The molecule has 0 atom stereocenters. The number of hydrazone groups is 1. The van der Waals surface area contributed by atoms with E-state index in [0.717, 1.165) is 6.07 Å². The molecule has 10 nitrogen and oxygen atoms in total. The number of rotatable bonds is 10. The van der Waals surface area contributed by atoms with Crippen molar-refractivity contribution in [1.29, 1.82) is 0 Å². The van der Waals surface area contributed by atoms with Gasteiger partial charge in [-0.05, 0) is 66.2 Å². The first-order chi connectivity index (χ1) is 16.2. The first-order valence-corrected chi connectivity index (χ1v) is 11.0. The fourth-order valence-corrected chi connectivity index (χ4v) is 3.79. The highest BCUT2D eigenvalue weighted by Gasteiger charge is 2.21. The van der Waals surface area contributed by atoms with Crippen molar-refractivity contribution in [2.45, 2.75) is 11.5 Å². The molecule has 0 heterocycles. The van der Waals surface area contributed by atoms with Gasteiger partial charge in [0.2, 0.25) is 0 Å². The maximum Gasteiger partial charge on any atom is 0.387 e. The molecule has 0 saturated carbocycles. The number of ether oxygens (including phenoxy) is 2. The van der Waals surface area contributed by atoms with Crippen molar-refractivity contribution >= 4 is 33.3 Å². The van der Waals surface area contributed by atoms with Crippen LogP contribution in [0.4, 0.5) is 25.8 Å². The smallest absolute Gasteiger partial charge is 0.387 e. The Morgan fingerprint density at radius 1 is 1.03 bits per heavy atom. The number of anilines is 2. The minimum Gasteiger partial charge on any atom is -0.497 e. The van der Waals surface area contributed by atoms with E-state index in [1.807, 2.05) is 0 Å². The maximum atomic E-state index is 12.7. The predicted octanol–water partition coefficient (Wildman–Crippen LogP) is 4.45. The fraction of sp³-hybridized carbons (Fsp3) is 0.0952. The molecule has 0 spiro atoms. The van der Waals surface area contributed by atoms with Gasteiger partial charge >= 0.3 is 6.61 Å². The number of sulfonamides is 1. The summed E-state index contributed by atoms with van der Waals surface area (Å²) in [5.74, 6) is 0.503. The van der Waals surface area contributed by atoms with Crippen LogP contribution in [0.3, 0.4) is 0 Å². The van der Waals surface area contributed by atoms with Crippen LogP contribution in [-0.4, -0.2) is 33.3 Å². The van der Waals surface area contributed by atoms with Gasteiger partial charge in [-0.15, -0.1) is 0 Å². The Morgan fingerprint density at radius 3 is 2.26 bits per heavy atom. The molecule has 0 aliphatic carbocycles. The standard InChI is InChI=1S/C21H18F2N4O6S/c1-32-16-8-4-15(5-9-16)26-34(30,31)18-10-11-19(20(12-18)27(28)29)25-24-13-14-2-6-17(7-3-14)33-21(22)23/h2-13,21,25-26H,1H3. The molecule has 34 heavy (non-hydrogen) atoms. The van der Waals surface area contributed by atoms with Gasteiger partial charge in [-0.1, -0.05) is 0 Å². The molecule has 3 rings (SSSR count). The molecule has 3 aromatic rings. The largest absolute Gasteiger partial charge is 0.497 e. The van der Waals surface area contributed by atoms with Gasteiger partial charge in [-0.25, -0.2) is 8.42 Å². The van der Waals surface area contributed by atoms with Crippen LogP contribution in [0.25, 0.3) is 0 Å². The average molecular weight is 492 g/mol. The first kappa shape index (κ1) is 24.4. The molecule has 0 aromatic heterocycles. The number of alkyl halides is 2. The molecule has 0 fully saturated rings. The minimum atomic E-state index is -4.11. The molecule has 0 saturated heterocycles. The van der Waals surface area contributed by atoms with Gasteiger partial charge in [0, 0.05) is 11.8 Å². The Morgan fingerprint density at radius 2 is 1.68 bits per heavy atom. The third-order valence-electron chi connectivity index (χ3n) is 4.32. The Labute approximate surface area is 193 Å². The summed E-state index contributed by atoms with van der Waals surface area (Å²) in [6.07, 6.45) is 1.30. The van der Waals surface area contributed by atoms with E-state index in [2.05, 4.69) is 20.0 Å². The van der Waals surface area contributed by atoms with E-state index in [0.29, 0.717) is 11.3 Å².